The number of aromatic nitrogens is 4. The number of nitrogens with zero attached hydrogens (tertiary/aromatic N) is 5. The number of aryl methyl sites for hydroxylation is 1. The Morgan fingerprint density at radius 1 is 1.02 bits per heavy atom. The van der Waals surface area contributed by atoms with Crippen molar-refractivity contribution in [2.24, 2.45) is 0 Å². The second-order valence-corrected chi connectivity index (χ2v) is 13.0. The molecule has 0 amide bonds. The zero-order valence-corrected chi connectivity index (χ0v) is 25.6. The number of fused-ring (bicyclic) bond motifs is 2. The van der Waals surface area contributed by atoms with Crippen molar-refractivity contribution < 1.29 is 13.2 Å². The molecule has 0 atom stereocenters. The van der Waals surface area contributed by atoms with Crippen molar-refractivity contribution in [1.82, 2.24) is 29.1 Å². The first kappa shape index (κ1) is 28.6. The maximum absolute atomic E-state index is 13.2. The van der Waals surface area contributed by atoms with Crippen LogP contribution >= 0.6 is 0 Å². The summed E-state index contributed by atoms with van der Waals surface area (Å²) in [6.07, 6.45) is 6.37. The van der Waals surface area contributed by atoms with E-state index in [2.05, 4.69) is 44.7 Å². The smallest absolute Gasteiger partial charge is 0.244 e. The Morgan fingerprint density at radius 2 is 1.84 bits per heavy atom. The summed E-state index contributed by atoms with van der Waals surface area (Å²) >= 11 is 0. The summed E-state index contributed by atoms with van der Waals surface area (Å²) in [6, 6.07) is 12.9. The van der Waals surface area contributed by atoms with E-state index >= 15 is 0 Å². The predicted molar refractivity (Wildman–Crippen MR) is 169 cm³/mol. The van der Waals surface area contributed by atoms with Gasteiger partial charge < -0.3 is 25.3 Å². The number of benzene rings is 2. The first-order valence-electron chi connectivity index (χ1n) is 13.9. The molecule has 0 fully saturated rings. The van der Waals surface area contributed by atoms with E-state index in [0.717, 1.165) is 41.9 Å². The van der Waals surface area contributed by atoms with Gasteiger partial charge in [0.05, 0.1) is 23.9 Å². The van der Waals surface area contributed by atoms with E-state index in [1.165, 1.54) is 29.5 Å². The maximum Gasteiger partial charge on any atom is 0.244 e. The van der Waals surface area contributed by atoms with Gasteiger partial charge in [-0.1, -0.05) is 12.1 Å². The van der Waals surface area contributed by atoms with Gasteiger partial charge in [-0.25, -0.2) is 12.7 Å². The van der Waals surface area contributed by atoms with Crippen molar-refractivity contribution in [3.05, 3.63) is 77.7 Å². The minimum absolute atomic E-state index is 0.136. The molecule has 3 aromatic heterocycles. The van der Waals surface area contributed by atoms with Crippen LogP contribution in [0, 0.1) is 6.92 Å². The van der Waals surface area contributed by atoms with E-state index in [9.17, 15) is 8.42 Å². The number of likely N-dealkylation sites (N-methyl/N-ethyl adjacent to an activating group) is 1. The average molecular weight is 599 g/mol. The first-order valence-corrected chi connectivity index (χ1v) is 15.3. The minimum Gasteiger partial charge on any atom is -0.495 e. The van der Waals surface area contributed by atoms with Gasteiger partial charge in [-0.2, -0.15) is 9.97 Å². The summed E-state index contributed by atoms with van der Waals surface area (Å²) in [4.78, 5) is 19.8. The number of methoxy groups -OCH3 is 1. The fourth-order valence-corrected chi connectivity index (χ4v) is 6.41. The Labute approximate surface area is 251 Å². The fourth-order valence-electron chi connectivity index (χ4n) is 5.37. The van der Waals surface area contributed by atoms with Crippen LogP contribution in [0.3, 0.4) is 0 Å². The number of ether oxygens (including phenoxy) is 1. The second kappa shape index (κ2) is 11.3. The molecule has 6 rings (SSSR count). The highest BCUT2D eigenvalue weighted by atomic mass is 32.2. The van der Waals surface area contributed by atoms with Gasteiger partial charge in [-0.05, 0) is 67.4 Å². The van der Waals surface area contributed by atoms with Gasteiger partial charge in [0.25, 0.3) is 0 Å². The average Bonchev–Trinajstić information content (AvgIpc) is 3.41. The number of pyridine rings is 1. The van der Waals surface area contributed by atoms with Crippen LogP contribution in [-0.4, -0.2) is 72.4 Å². The molecular weight excluding hydrogens is 564 g/mol. The summed E-state index contributed by atoms with van der Waals surface area (Å²) in [5.41, 5.74) is 6.98. The van der Waals surface area contributed by atoms with E-state index in [-0.39, 0.29) is 4.90 Å². The standard InChI is InChI=1S/C31H34N8O3S/c1-19-10-12-32-16-22(19)23-17-33-29-28(23)30(34-24-8-6-7-9-27(24)43(40,41)38(2)3)37-31(36-29)35-25-14-21-18-39(4)13-11-20(21)15-26(25)42-5/h6-10,12,14-17H,11,13,18H2,1-5H3,(H3,33,34,35,36,37). The predicted octanol–water partition coefficient (Wildman–Crippen LogP) is 5.06. The van der Waals surface area contributed by atoms with E-state index < -0.39 is 10.0 Å². The molecule has 5 aromatic rings. The van der Waals surface area contributed by atoms with Gasteiger partial charge in [-0.15, -0.1) is 0 Å². The molecule has 0 saturated heterocycles. The molecule has 0 radical (unpaired) electrons. The van der Waals surface area contributed by atoms with Crippen LogP contribution in [0.2, 0.25) is 0 Å². The van der Waals surface area contributed by atoms with Crippen molar-refractivity contribution >= 4 is 44.2 Å². The van der Waals surface area contributed by atoms with Crippen LogP contribution < -0.4 is 15.4 Å². The van der Waals surface area contributed by atoms with Gasteiger partial charge >= 0.3 is 0 Å². The molecule has 3 N–H and O–H groups in total. The van der Waals surface area contributed by atoms with Gasteiger partial charge in [0, 0.05) is 56.9 Å². The third kappa shape index (κ3) is 5.40. The molecule has 0 saturated carbocycles. The highest BCUT2D eigenvalue weighted by molar-refractivity contribution is 7.89. The quantitative estimate of drug-likeness (QED) is 0.224. The number of H-pyrrole nitrogens is 1. The molecule has 11 nitrogen and oxygen atoms in total. The van der Waals surface area contributed by atoms with Crippen molar-refractivity contribution in [1.29, 1.82) is 0 Å². The number of anilines is 4. The Morgan fingerprint density at radius 3 is 2.60 bits per heavy atom. The van der Waals surface area contributed by atoms with E-state index in [1.807, 2.05) is 19.2 Å². The molecular formula is C31H34N8O3S. The summed E-state index contributed by atoms with van der Waals surface area (Å²) < 4.78 is 33.4. The Kier molecular flexibility index (Phi) is 7.50. The van der Waals surface area contributed by atoms with Gasteiger partial charge in [0.2, 0.25) is 16.0 Å². The van der Waals surface area contributed by atoms with Crippen molar-refractivity contribution in [3.8, 4) is 16.9 Å². The molecule has 2 aromatic carbocycles. The highest BCUT2D eigenvalue weighted by Gasteiger charge is 2.24. The van der Waals surface area contributed by atoms with E-state index in [4.69, 9.17) is 14.7 Å². The lowest BCUT2D eigenvalue weighted by atomic mass is 9.99. The van der Waals surface area contributed by atoms with E-state index in [1.54, 1.807) is 43.8 Å². The number of rotatable bonds is 8. The number of para-hydroxylation sites is 1. The topological polar surface area (TPSA) is 128 Å². The van der Waals surface area contributed by atoms with Gasteiger partial charge in [0.15, 0.2) is 0 Å². The lowest BCUT2D eigenvalue weighted by molar-refractivity contribution is 0.312. The minimum atomic E-state index is -3.74. The van der Waals surface area contributed by atoms with Crippen LogP contribution in [0.15, 0.2) is 66.0 Å². The molecule has 4 heterocycles. The maximum atomic E-state index is 13.2. The lowest BCUT2D eigenvalue weighted by Gasteiger charge is -2.26. The zero-order valence-electron chi connectivity index (χ0n) is 24.8. The molecule has 1 aliphatic heterocycles. The van der Waals surface area contributed by atoms with Crippen LogP contribution in [0.4, 0.5) is 23.1 Å². The first-order chi connectivity index (χ1) is 20.7. The molecule has 0 unspecified atom stereocenters. The highest BCUT2D eigenvalue weighted by Crippen LogP contribution is 2.38. The molecule has 43 heavy (non-hydrogen) atoms. The number of aromatic amines is 1. The Balaban J connectivity index is 1.51. The largest absolute Gasteiger partial charge is 0.495 e. The summed E-state index contributed by atoms with van der Waals surface area (Å²) in [6.45, 7) is 3.84. The fraction of sp³-hybridized carbons (Fsp3) is 0.258. The normalized spacial score (nSPS) is 13.7. The van der Waals surface area contributed by atoms with Crippen molar-refractivity contribution in [3.63, 3.8) is 0 Å². The SMILES string of the molecule is COc1cc2c(cc1Nc1nc(Nc3ccccc3S(=O)(=O)N(C)C)c3c(-c4cnccc4C)c[nH]c3n1)CN(C)CC2. The molecule has 222 valence electrons. The van der Waals surface area contributed by atoms with Crippen LogP contribution in [0.1, 0.15) is 16.7 Å². The zero-order chi connectivity index (χ0) is 30.3. The second-order valence-electron chi connectivity index (χ2n) is 10.9. The number of nitrogens with one attached hydrogen (secondary N) is 3. The van der Waals surface area contributed by atoms with Crippen LogP contribution in [0.25, 0.3) is 22.2 Å². The molecule has 0 spiro atoms. The Bertz CT molecular complexity index is 1940. The summed E-state index contributed by atoms with van der Waals surface area (Å²) in [5, 5.41) is 7.40. The Hall–Kier alpha value is -4.52. The van der Waals surface area contributed by atoms with Crippen LogP contribution in [-0.2, 0) is 23.0 Å². The third-order valence-electron chi connectivity index (χ3n) is 7.73. The monoisotopic (exact) mass is 598 g/mol. The van der Waals surface area contributed by atoms with Crippen molar-refractivity contribution in [2.45, 2.75) is 24.8 Å². The van der Waals surface area contributed by atoms with Crippen molar-refractivity contribution in [2.75, 3.05) is 45.4 Å². The van der Waals surface area contributed by atoms with Gasteiger partial charge in [-0.3, -0.25) is 4.98 Å². The molecule has 0 aliphatic carbocycles. The molecule has 1 aliphatic rings. The number of hydrogen-bond donors (Lipinski definition) is 3. The number of hydrogen-bond acceptors (Lipinski definition) is 9. The number of sulfonamides is 1. The third-order valence-corrected chi connectivity index (χ3v) is 9.60. The summed E-state index contributed by atoms with van der Waals surface area (Å²) in [5.74, 6) is 1.45. The molecule has 12 heteroatoms. The summed E-state index contributed by atoms with van der Waals surface area (Å²) in [7, 11) is 3.03. The lowest BCUT2D eigenvalue weighted by Crippen LogP contribution is -2.26. The van der Waals surface area contributed by atoms with Gasteiger partial charge in [0.1, 0.15) is 22.1 Å². The van der Waals surface area contributed by atoms with E-state index in [0.29, 0.717) is 34.2 Å². The van der Waals surface area contributed by atoms with Crippen LogP contribution in [0.5, 0.6) is 5.75 Å². The molecule has 0 bridgehead atoms.